The summed E-state index contributed by atoms with van der Waals surface area (Å²) in [5.41, 5.74) is 1.59. The van der Waals surface area contributed by atoms with Crippen LogP contribution in [0.15, 0.2) is 18.2 Å². The van der Waals surface area contributed by atoms with Crippen LogP contribution in [0.1, 0.15) is 42.1 Å². The molecule has 2 aliphatic rings. The highest BCUT2D eigenvalue weighted by Gasteiger charge is 2.39. The number of nitrogens with zero attached hydrogens (tertiary/aromatic N) is 1. The molecule has 1 saturated carbocycles. The molecule has 3 rings (SSSR count). The quantitative estimate of drug-likeness (QED) is 0.845. The minimum atomic E-state index is 0.0440. The Morgan fingerprint density at radius 2 is 2.00 bits per heavy atom. The number of hydrogen-bond acceptors (Lipinski definition) is 4. The average molecular weight is 360 g/mol. The summed E-state index contributed by atoms with van der Waals surface area (Å²) in [6.45, 7) is 3.63. The molecule has 1 heterocycles. The van der Waals surface area contributed by atoms with Crippen LogP contribution in [-0.2, 0) is 16.1 Å². The average Bonchev–Trinajstić information content (AvgIpc) is 3.07. The molecular formula is C20H28N2O4. The molecule has 1 aromatic carbocycles. The van der Waals surface area contributed by atoms with Crippen LogP contribution in [0, 0.1) is 11.8 Å². The molecule has 6 heteroatoms. The van der Waals surface area contributed by atoms with E-state index in [4.69, 9.17) is 9.47 Å². The second kappa shape index (κ2) is 8.08. The number of nitrogens with one attached hydrogen (secondary N) is 1. The molecule has 1 aliphatic carbocycles. The molecule has 1 aliphatic heterocycles. The van der Waals surface area contributed by atoms with Gasteiger partial charge in [0.15, 0.2) is 0 Å². The van der Waals surface area contributed by atoms with Gasteiger partial charge < -0.3 is 19.7 Å². The summed E-state index contributed by atoms with van der Waals surface area (Å²) >= 11 is 0. The predicted molar refractivity (Wildman–Crippen MR) is 98.0 cm³/mol. The molecule has 26 heavy (non-hydrogen) atoms. The van der Waals surface area contributed by atoms with Crippen LogP contribution in [-0.4, -0.2) is 50.1 Å². The second-order valence-electron chi connectivity index (χ2n) is 7.39. The third-order valence-electron chi connectivity index (χ3n) is 5.59. The molecule has 0 aromatic heterocycles. The fraction of sp³-hybridized carbons (Fsp3) is 0.600. The molecule has 6 nitrogen and oxygen atoms in total. The Morgan fingerprint density at radius 3 is 2.65 bits per heavy atom. The molecule has 1 atom stereocenters. The van der Waals surface area contributed by atoms with Gasteiger partial charge in [0.05, 0.1) is 13.7 Å². The van der Waals surface area contributed by atoms with Crippen LogP contribution in [0.4, 0.5) is 0 Å². The molecule has 0 radical (unpaired) electrons. The topological polar surface area (TPSA) is 67.9 Å². The van der Waals surface area contributed by atoms with E-state index in [0.29, 0.717) is 35.8 Å². The van der Waals surface area contributed by atoms with Gasteiger partial charge in [0.2, 0.25) is 5.91 Å². The maximum atomic E-state index is 12.9. The Hall–Kier alpha value is -2.08. The molecule has 1 saturated heterocycles. The summed E-state index contributed by atoms with van der Waals surface area (Å²) in [6.07, 6.45) is 3.11. The second-order valence-corrected chi connectivity index (χ2v) is 7.39. The van der Waals surface area contributed by atoms with Crippen LogP contribution in [0.3, 0.4) is 0 Å². The summed E-state index contributed by atoms with van der Waals surface area (Å²) < 4.78 is 10.6. The number of carbonyl (C=O) groups excluding carboxylic acids is 2. The monoisotopic (exact) mass is 360 g/mol. The fourth-order valence-corrected chi connectivity index (χ4v) is 4.14. The normalized spacial score (nSPS) is 24.9. The van der Waals surface area contributed by atoms with Crippen molar-refractivity contribution in [1.29, 1.82) is 0 Å². The molecule has 1 aromatic rings. The van der Waals surface area contributed by atoms with Crippen molar-refractivity contribution in [2.45, 2.75) is 38.8 Å². The molecule has 2 amide bonds. The highest BCUT2D eigenvalue weighted by Crippen LogP contribution is 2.39. The van der Waals surface area contributed by atoms with E-state index in [1.165, 1.54) is 0 Å². The van der Waals surface area contributed by atoms with Gasteiger partial charge in [-0.2, -0.15) is 0 Å². The third kappa shape index (κ3) is 4.01. The maximum absolute atomic E-state index is 12.9. The summed E-state index contributed by atoms with van der Waals surface area (Å²) in [5, 5.41) is 2.98. The van der Waals surface area contributed by atoms with E-state index in [1.54, 1.807) is 27.2 Å². The fourth-order valence-electron chi connectivity index (χ4n) is 4.14. The van der Waals surface area contributed by atoms with E-state index >= 15 is 0 Å². The number of benzene rings is 1. The lowest BCUT2D eigenvalue weighted by molar-refractivity contribution is -0.120. The summed E-state index contributed by atoms with van der Waals surface area (Å²) in [6, 6.07) is 5.87. The van der Waals surface area contributed by atoms with Gasteiger partial charge in [-0.25, -0.2) is 0 Å². The first-order valence-electron chi connectivity index (χ1n) is 9.24. The lowest BCUT2D eigenvalue weighted by Gasteiger charge is -2.39. The van der Waals surface area contributed by atoms with Crippen molar-refractivity contribution in [2.75, 3.05) is 27.3 Å². The van der Waals surface area contributed by atoms with Gasteiger partial charge in [-0.1, -0.05) is 6.07 Å². The first-order chi connectivity index (χ1) is 12.5. The summed E-state index contributed by atoms with van der Waals surface area (Å²) in [5.74, 6) is 1.95. The Kier molecular flexibility index (Phi) is 5.81. The zero-order valence-corrected chi connectivity index (χ0v) is 15.8. The summed E-state index contributed by atoms with van der Waals surface area (Å²) in [7, 11) is 3.25. The number of likely N-dealkylation sites (tertiary alicyclic amines) is 1. The smallest absolute Gasteiger partial charge is 0.253 e. The largest absolute Gasteiger partial charge is 0.496 e. The van der Waals surface area contributed by atoms with Crippen molar-refractivity contribution in [3.8, 4) is 5.75 Å². The molecule has 1 unspecified atom stereocenters. The lowest BCUT2D eigenvalue weighted by atomic mass is 9.72. The number of methoxy groups -OCH3 is 2. The summed E-state index contributed by atoms with van der Waals surface area (Å²) in [4.78, 5) is 25.9. The standard InChI is InChI=1S/C20H28N2O4/c1-13(23)21-18-8-17(9-18)15-6-7-22(11-15)20(24)14-4-5-16(12-25-2)19(10-14)26-3/h4-5,10,15,17-18H,6-9,11-12H2,1-3H3,(H,21,23). The van der Waals surface area contributed by atoms with Gasteiger partial charge >= 0.3 is 0 Å². The van der Waals surface area contributed by atoms with Crippen LogP contribution in [0.2, 0.25) is 0 Å². The van der Waals surface area contributed by atoms with Crippen molar-refractivity contribution in [2.24, 2.45) is 11.8 Å². The molecule has 0 bridgehead atoms. The van der Waals surface area contributed by atoms with Crippen LogP contribution in [0.5, 0.6) is 5.75 Å². The van der Waals surface area contributed by atoms with Gasteiger partial charge in [0.25, 0.3) is 5.91 Å². The zero-order valence-electron chi connectivity index (χ0n) is 15.8. The van der Waals surface area contributed by atoms with E-state index in [-0.39, 0.29) is 11.8 Å². The van der Waals surface area contributed by atoms with Crippen molar-refractivity contribution in [3.63, 3.8) is 0 Å². The Bertz CT molecular complexity index is 670. The van der Waals surface area contributed by atoms with E-state index in [1.807, 2.05) is 17.0 Å². The number of amides is 2. The van der Waals surface area contributed by atoms with Crippen molar-refractivity contribution in [3.05, 3.63) is 29.3 Å². The third-order valence-corrected chi connectivity index (χ3v) is 5.59. The van der Waals surface area contributed by atoms with E-state index in [2.05, 4.69) is 5.32 Å². The van der Waals surface area contributed by atoms with E-state index in [0.717, 1.165) is 37.9 Å². The predicted octanol–water partition coefficient (Wildman–Crippen LogP) is 2.22. The Morgan fingerprint density at radius 1 is 1.23 bits per heavy atom. The Balaban J connectivity index is 1.57. The number of ether oxygens (including phenoxy) is 2. The van der Waals surface area contributed by atoms with Gasteiger partial charge in [0, 0.05) is 44.3 Å². The molecule has 1 N–H and O–H groups in total. The SMILES string of the molecule is COCc1ccc(C(=O)N2CCC(C3CC(NC(C)=O)C3)C2)cc1OC. The van der Waals surface area contributed by atoms with Crippen LogP contribution in [0.25, 0.3) is 0 Å². The maximum Gasteiger partial charge on any atom is 0.253 e. The zero-order chi connectivity index (χ0) is 18.7. The van der Waals surface area contributed by atoms with E-state index in [9.17, 15) is 9.59 Å². The number of carbonyl (C=O) groups is 2. The van der Waals surface area contributed by atoms with Crippen LogP contribution >= 0.6 is 0 Å². The van der Waals surface area contributed by atoms with Gasteiger partial charge in [-0.15, -0.1) is 0 Å². The Labute approximate surface area is 154 Å². The lowest BCUT2D eigenvalue weighted by Crippen LogP contribution is -2.46. The van der Waals surface area contributed by atoms with Gasteiger partial charge in [-0.3, -0.25) is 9.59 Å². The highest BCUT2D eigenvalue weighted by atomic mass is 16.5. The highest BCUT2D eigenvalue weighted by molar-refractivity contribution is 5.95. The minimum Gasteiger partial charge on any atom is -0.496 e. The first kappa shape index (κ1) is 18.7. The van der Waals surface area contributed by atoms with Crippen LogP contribution < -0.4 is 10.1 Å². The molecule has 0 spiro atoms. The van der Waals surface area contributed by atoms with Crippen molar-refractivity contribution in [1.82, 2.24) is 10.2 Å². The van der Waals surface area contributed by atoms with E-state index < -0.39 is 0 Å². The van der Waals surface area contributed by atoms with Gasteiger partial charge in [-0.05, 0) is 43.2 Å². The molecular weight excluding hydrogens is 332 g/mol. The molecule has 2 fully saturated rings. The number of hydrogen-bond donors (Lipinski definition) is 1. The van der Waals surface area contributed by atoms with Crippen molar-refractivity contribution < 1.29 is 19.1 Å². The number of rotatable bonds is 6. The van der Waals surface area contributed by atoms with Crippen molar-refractivity contribution >= 4 is 11.8 Å². The molecule has 142 valence electrons. The first-order valence-corrected chi connectivity index (χ1v) is 9.24. The van der Waals surface area contributed by atoms with Gasteiger partial charge in [0.1, 0.15) is 5.75 Å². The minimum absolute atomic E-state index is 0.0440.